The van der Waals surface area contributed by atoms with Gasteiger partial charge in [-0.3, -0.25) is 14.5 Å². The lowest BCUT2D eigenvalue weighted by atomic mass is 10.1. The second-order valence-corrected chi connectivity index (χ2v) is 3.73. The molecule has 17 heavy (non-hydrogen) atoms. The molecule has 2 rings (SSSR count). The van der Waals surface area contributed by atoms with E-state index in [1.165, 1.54) is 14.0 Å². The molecule has 0 bridgehead atoms. The molecule has 1 aromatic carbocycles. The number of fused-ring (bicyclic) bond motifs is 1. The van der Waals surface area contributed by atoms with Gasteiger partial charge < -0.3 is 4.74 Å². The van der Waals surface area contributed by atoms with Gasteiger partial charge in [-0.1, -0.05) is 12.1 Å². The summed E-state index contributed by atoms with van der Waals surface area (Å²) in [5.74, 6) is -1.52. The molecular weight excluding hydrogens is 222 g/mol. The summed E-state index contributed by atoms with van der Waals surface area (Å²) in [4.78, 5) is 36.2. The standard InChI is InChI=1S/C12H11NO4/c1-7(12(16)17-2)13-10(14)8-5-3-4-6-9(8)11(13)15/h3-7H,1-2H3. The Morgan fingerprint density at radius 3 is 2.06 bits per heavy atom. The van der Waals surface area contributed by atoms with E-state index in [1.54, 1.807) is 24.3 Å². The molecule has 0 saturated carbocycles. The van der Waals surface area contributed by atoms with Crippen LogP contribution < -0.4 is 0 Å². The average molecular weight is 233 g/mol. The third kappa shape index (κ3) is 1.60. The van der Waals surface area contributed by atoms with E-state index in [-0.39, 0.29) is 0 Å². The summed E-state index contributed by atoms with van der Waals surface area (Å²) < 4.78 is 4.53. The molecule has 0 N–H and O–H groups in total. The molecule has 2 amide bonds. The highest BCUT2D eigenvalue weighted by molar-refractivity contribution is 6.22. The fourth-order valence-electron chi connectivity index (χ4n) is 1.84. The maximum absolute atomic E-state index is 12.0. The summed E-state index contributed by atoms with van der Waals surface area (Å²) in [6.07, 6.45) is 0. The van der Waals surface area contributed by atoms with Gasteiger partial charge in [0.05, 0.1) is 18.2 Å². The van der Waals surface area contributed by atoms with E-state index in [0.717, 1.165) is 4.90 Å². The van der Waals surface area contributed by atoms with Crippen LogP contribution in [0.3, 0.4) is 0 Å². The van der Waals surface area contributed by atoms with E-state index in [0.29, 0.717) is 11.1 Å². The number of nitrogens with zero attached hydrogens (tertiary/aromatic N) is 1. The number of ether oxygens (including phenoxy) is 1. The van der Waals surface area contributed by atoms with Crippen LogP contribution >= 0.6 is 0 Å². The topological polar surface area (TPSA) is 63.7 Å². The maximum atomic E-state index is 12.0. The molecule has 0 saturated heterocycles. The molecule has 5 heteroatoms. The van der Waals surface area contributed by atoms with Crippen molar-refractivity contribution in [2.24, 2.45) is 0 Å². The lowest BCUT2D eigenvalue weighted by Gasteiger charge is -2.19. The molecular formula is C12H11NO4. The van der Waals surface area contributed by atoms with Gasteiger partial charge in [0.15, 0.2) is 0 Å². The Labute approximate surface area is 98.0 Å². The van der Waals surface area contributed by atoms with Crippen molar-refractivity contribution >= 4 is 17.8 Å². The first kappa shape index (κ1) is 11.3. The molecule has 1 unspecified atom stereocenters. The number of hydrogen-bond acceptors (Lipinski definition) is 4. The van der Waals surface area contributed by atoms with Gasteiger partial charge in [0.1, 0.15) is 6.04 Å². The molecule has 5 nitrogen and oxygen atoms in total. The fourth-order valence-corrected chi connectivity index (χ4v) is 1.84. The minimum absolute atomic E-state index is 0.327. The van der Waals surface area contributed by atoms with E-state index in [4.69, 9.17) is 0 Å². The molecule has 0 aliphatic carbocycles. The van der Waals surface area contributed by atoms with Crippen LogP contribution in [-0.4, -0.2) is 35.8 Å². The Bertz CT molecular complexity index is 474. The summed E-state index contributed by atoms with van der Waals surface area (Å²) in [5.41, 5.74) is 0.654. The van der Waals surface area contributed by atoms with E-state index in [1.807, 2.05) is 0 Å². The minimum atomic E-state index is -0.910. The second kappa shape index (κ2) is 4.01. The second-order valence-electron chi connectivity index (χ2n) is 3.73. The van der Waals surface area contributed by atoms with Crippen molar-refractivity contribution in [3.63, 3.8) is 0 Å². The van der Waals surface area contributed by atoms with Crippen LogP contribution in [-0.2, 0) is 9.53 Å². The first-order valence-electron chi connectivity index (χ1n) is 5.12. The Hall–Kier alpha value is -2.17. The van der Waals surface area contributed by atoms with Crippen LogP contribution in [0.4, 0.5) is 0 Å². The van der Waals surface area contributed by atoms with Crippen LogP contribution in [0.25, 0.3) is 0 Å². The van der Waals surface area contributed by atoms with Gasteiger partial charge in [0, 0.05) is 0 Å². The molecule has 1 atom stereocenters. The smallest absolute Gasteiger partial charge is 0.328 e. The van der Waals surface area contributed by atoms with Crippen molar-refractivity contribution < 1.29 is 19.1 Å². The first-order valence-corrected chi connectivity index (χ1v) is 5.12. The Morgan fingerprint density at radius 2 is 1.65 bits per heavy atom. The number of benzene rings is 1. The normalized spacial score (nSPS) is 15.8. The fraction of sp³-hybridized carbons (Fsp3) is 0.250. The van der Waals surface area contributed by atoms with Crippen LogP contribution in [0.5, 0.6) is 0 Å². The Kier molecular flexibility index (Phi) is 2.67. The predicted octanol–water partition coefficient (Wildman–Crippen LogP) is 0.844. The molecule has 0 aromatic heterocycles. The Morgan fingerprint density at radius 1 is 1.18 bits per heavy atom. The number of rotatable bonds is 2. The lowest BCUT2D eigenvalue weighted by Crippen LogP contribution is -2.43. The van der Waals surface area contributed by atoms with E-state index in [9.17, 15) is 14.4 Å². The van der Waals surface area contributed by atoms with E-state index >= 15 is 0 Å². The minimum Gasteiger partial charge on any atom is -0.467 e. The predicted molar refractivity (Wildman–Crippen MR) is 58.4 cm³/mol. The van der Waals surface area contributed by atoms with Gasteiger partial charge in [-0.2, -0.15) is 0 Å². The van der Waals surface area contributed by atoms with Crippen LogP contribution in [0.15, 0.2) is 24.3 Å². The third-order valence-electron chi connectivity index (χ3n) is 2.76. The molecule has 1 aliphatic heterocycles. The third-order valence-corrected chi connectivity index (χ3v) is 2.76. The summed E-state index contributed by atoms with van der Waals surface area (Å²) in [7, 11) is 1.22. The summed E-state index contributed by atoms with van der Waals surface area (Å²) in [6, 6.07) is 5.58. The van der Waals surface area contributed by atoms with Gasteiger partial charge in [0.25, 0.3) is 11.8 Å². The van der Waals surface area contributed by atoms with Crippen molar-refractivity contribution in [2.75, 3.05) is 7.11 Å². The lowest BCUT2D eigenvalue weighted by molar-refractivity contribution is -0.144. The number of methoxy groups -OCH3 is 1. The largest absolute Gasteiger partial charge is 0.467 e. The quantitative estimate of drug-likeness (QED) is 0.561. The summed E-state index contributed by atoms with van der Waals surface area (Å²) in [6.45, 7) is 1.47. The van der Waals surface area contributed by atoms with E-state index in [2.05, 4.69) is 4.74 Å². The van der Waals surface area contributed by atoms with Crippen molar-refractivity contribution in [1.29, 1.82) is 0 Å². The molecule has 0 radical (unpaired) electrons. The van der Waals surface area contributed by atoms with Gasteiger partial charge in [0.2, 0.25) is 0 Å². The molecule has 88 valence electrons. The van der Waals surface area contributed by atoms with Crippen LogP contribution in [0.2, 0.25) is 0 Å². The molecule has 0 spiro atoms. The average Bonchev–Trinajstić information content (AvgIpc) is 2.61. The van der Waals surface area contributed by atoms with Crippen molar-refractivity contribution in [1.82, 2.24) is 4.90 Å². The van der Waals surface area contributed by atoms with Crippen molar-refractivity contribution in [3.8, 4) is 0 Å². The number of imide groups is 1. The maximum Gasteiger partial charge on any atom is 0.328 e. The zero-order valence-electron chi connectivity index (χ0n) is 9.47. The van der Waals surface area contributed by atoms with Crippen LogP contribution in [0.1, 0.15) is 27.6 Å². The summed E-state index contributed by atoms with van der Waals surface area (Å²) >= 11 is 0. The highest BCUT2D eigenvalue weighted by Crippen LogP contribution is 2.24. The molecule has 1 aliphatic rings. The zero-order chi connectivity index (χ0) is 12.6. The van der Waals surface area contributed by atoms with E-state index < -0.39 is 23.8 Å². The van der Waals surface area contributed by atoms with Crippen molar-refractivity contribution in [2.45, 2.75) is 13.0 Å². The number of amides is 2. The highest BCUT2D eigenvalue weighted by atomic mass is 16.5. The molecule has 1 aromatic rings. The number of esters is 1. The number of carbonyl (C=O) groups is 3. The monoisotopic (exact) mass is 233 g/mol. The number of hydrogen-bond donors (Lipinski definition) is 0. The van der Waals surface area contributed by atoms with Crippen LogP contribution in [0, 0.1) is 0 Å². The molecule has 1 heterocycles. The zero-order valence-corrected chi connectivity index (χ0v) is 9.47. The molecule has 0 fully saturated rings. The number of carbonyl (C=O) groups excluding carboxylic acids is 3. The highest BCUT2D eigenvalue weighted by Gasteiger charge is 2.40. The van der Waals surface area contributed by atoms with Gasteiger partial charge >= 0.3 is 5.97 Å². The van der Waals surface area contributed by atoms with Gasteiger partial charge in [-0.25, -0.2) is 4.79 Å². The van der Waals surface area contributed by atoms with Gasteiger partial charge in [-0.05, 0) is 19.1 Å². The first-order chi connectivity index (χ1) is 8.07. The summed E-state index contributed by atoms with van der Waals surface area (Å²) in [5, 5.41) is 0. The van der Waals surface area contributed by atoms with Gasteiger partial charge in [-0.15, -0.1) is 0 Å². The Balaban J connectivity index is 2.40. The van der Waals surface area contributed by atoms with Crippen molar-refractivity contribution in [3.05, 3.63) is 35.4 Å². The SMILES string of the molecule is COC(=O)C(C)N1C(=O)c2ccccc2C1=O.